The van der Waals surface area contributed by atoms with Gasteiger partial charge < -0.3 is 10.6 Å². The van der Waals surface area contributed by atoms with Gasteiger partial charge in [-0.05, 0) is 62.7 Å². The summed E-state index contributed by atoms with van der Waals surface area (Å²) in [6, 6.07) is 25.9. The summed E-state index contributed by atoms with van der Waals surface area (Å²) in [6.07, 6.45) is 3.87. The number of aromatic nitrogens is 1. The summed E-state index contributed by atoms with van der Waals surface area (Å²) in [5.41, 5.74) is 4.13. The second-order valence-corrected chi connectivity index (χ2v) is 6.38. The molecule has 28 heavy (non-hydrogen) atoms. The lowest BCUT2D eigenvalue weighted by Gasteiger charge is -2.09. The van der Waals surface area contributed by atoms with Crippen LogP contribution in [0.4, 0.5) is 5.69 Å². The molecule has 0 atom stereocenters. The third-order valence-electron chi connectivity index (χ3n) is 4.19. The van der Waals surface area contributed by atoms with Crippen molar-refractivity contribution in [2.75, 3.05) is 25.0 Å². The first kappa shape index (κ1) is 21.1. The molecule has 2 N–H and O–H groups in total. The molecule has 0 fully saturated rings. The lowest BCUT2D eigenvalue weighted by Crippen LogP contribution is -2.20. The standard InChI is InChI=1S/C18H22N4.C6H6/c1-15-18(4-2-11-21-15)22-12-3-10-20-13-9-16-5-7-17(14-19)8-6-16;1-2-4-6-5-3-1/h2,4-8,11,20,22H,3,9-10,12-13H2,1H3;1-6H. The van der Waals surface area contributed by atoms with Crippen molar-refractivity contribution in [3.8, 4) is 6.07 Å². The van der Waals surface area contributed by atoms with E-state index in [0.717, 1.165) is 43.9 Å². The first-order valence-electron chi connectivity index (χ1n) is 9.65. The summed E-state index contributed by atoms with van der Waals surface area (Å²) < 4.78 is 0. The van der Waals surface area contributed by atoms with Crippen LogP contribution in [0.2, 0.25) is 0 Å². The number of nitriles is 1. The molecule has 3 aromatic rings. The van der Waals surface area contributed by atoms with Crippen LogP contribution in [0.5, 0.6) is 0 Å². The average Bonchev–Trinajstić information content (AvgIpc) is 2.76. The van der Waals surface area contributed by atoms with Crippen molar-refractivity contribution >= 4 is 5.69 Å². The number of hydrogen-bond acceptors (Lipinski definition) is 4. The van der Waals surface area contributed by atoms with Gasteiger partial charge in [0.1, 0.15) is 0 Å². The van der Waals surface area contributed by atoms with Crippen molar-refractivity contribution in [3.63, 3.8) is 0 Å². The number of benzene rings is 2. The molecule has 144 valence electrons. The molecule has 3 rings (SSSR count). The van der Waals surface area contributed by atoms with Gasteiger partial charge in [0.2, 0.25) is 0 Å². The van der Waals surface area contributed by atoms with Gasteiger partial charge in [-0.25, -0.2) is 0 Å². The van der Waals surface area contributed by atoms with Crippen molar-refractivity contribution < 1.29 is 0 Å². The number of pyridine rings is 1. The van der Waals surface area contributed by atoms with E-state index in [9.17, 15) is 0 Å². The van der Waals surface area contributed by atoms with E-state index in [0.29, 0.717) is 5.56 Å². The molecule has 4 heteroatoms. The Balaban J connectivity index is 0.000000397. The normalized spacial score (nSPS) is 9.71. The summed E-state index contributed by atoms with van der Waals surface area (Å²) in [5, 5.41) is 15.6. The Kier molecular flexibility index (Phi) is 9.87. The summed E-state index contributed by atoms with van der Waals surface area (Å²) in [6.45, 7) is 4.90. The van der Waals surface area contributed by atoms with Gasteiger partial charge in [-0.15, -0.1) is 0 Å². The maximum absolute atomic E-state index is 8.75. The van der Waals surface area contributed by atoms with Crippen LogP contribution in [-0.2, 0) is 6.42 Å². The summed E-state index contributed by atoms with van der Waals surface area (Å²) in [5.74, 6) is 0. The van der Waals surface area contributed by atoms with Crippen LogP contribution in [0.3, 0.4) is 0 Å². The predicted octanol–water partition coefficient (Wildman–Crippen LogP) is 4.58. The Morgan fingerprint density at radius 1 is 0.857 bits per heavy atom. The van der Waals surface area contributed by atoms with Gasteiger partial charge >= 0.3 is 0 Å². The first-order chi connectivity index (χ1) is 13.8. The van der Waals surface area contributed by atoms with Crippen molar-refractivity contribution in [2.24, 2.45) is 0 Å². The van der Waals surface area contributed by atoms with Gasteiger partial charge in [0.05, 0.1) is 23.0 Å². The van der Waals surface area contributed by atoms with E-state index in [1.807, 2.05) is 79.9 Å². The minimum absolute atomic E-state index is 0.716. The maximum atomic E-state index is 8.75. The smallest absolute Gasteiger partial charge is 0.0991 e. The fourth-order valence-corrected chi connectivity index (χ4v) is 2.60. The number of nitrogens with one attached hydrogen (secondary N) is 2. The Hall–Kier alpha value is -3.16. The zero-order chi connectivity index (χ0) is 19.9. The second-order valence-electron chi connectivity index (χ2n) is 6.38. The molecule has 4 nitrogen and oxygen atoms in total. The highest BCUT2D eigenvalue weighted by Crippen LogP contribution is 2.09. The Labute approximate surface area is 168 Å². The molecule has 0 bridgehead atoms. The number of aryl methyl sites for hydroxylation is 1. The van der Waals surface area contributed by atoms with Crippen molar-refractivity contribution in [1.29, 1.82) is 5.26 Å². The molecule has 0 saturated carbocycles. The Morgan fingerprint density at radius 3 is 2.14 bits per heavy atom. The summed E-state index contributed by atoms with van der Waals surface area (Å²) in [7, 11) is 0. The quantitative estimate of drug-likeness (QED) is 0.568. The second kappa shape index (κ2) is 13.1. The Morgan fingerprint density at radius 2 is 1.54 bits per heavy atom. The van der Waals surface area contributed by atoms with E-state index in [4.69, 9.17) is 5.26 Å². The van der Waals surface area contributed by atoms with Gasteiger partial charge in [-0.3, -0.25) is 4.98 Å². The molecular weight excluding hydrogens is 344 g/mol. The molecule has 0 aliphatic heterocycles. The summed E-state index contributed by atoms with van der Waals surface area (Å²) >= 11 is 0. The van der Waals surface area contributed by atoms with Crippen LogP contribution in [-0.4, -0.2) is 24.6 Å². The van der Waals surface area contributed by atoms with Crippen molar-refractivity contribution in [1.82, 2.24) is 10.3 Å². The van der Waals surface area contributed by atoms with Crippen molar-refractivity contribution in [3.05, 3.63) is 95.8 Å². The highest BCUT2D eigenvalue weighted by atomic mass is 14.9. The van der Waals surface area contributed by atoms with Gasteiger partial charge in [0.25, 0.3) is 0 Å². The van der Waals surface area contributed by atoms with Gasteiger partial charge in [-0.2, -0.15) is 5.26 Å². The molecule has 1 heterocycles. The number of nitrogens with zero attached hydrogens (tertiary/aromatic N) is 2. The van der Waals surface area contributed by atoms with Gasteiger partial charge in [0.15, 0.2) is 0 Å². The minimum Gasteiger partial charge on any atom is -0.384 e. The zero-order valence-corrected chi connectivity index (χ0v) is 16.4. The molecule has 0 amide bonds. The molecule has 0 saturated heterocycles. The van der Waals surface area contributed by atoms with Crippen LogP contribution >= 0.6 is 0 Å². The number of anilines is 1. The van der Waals surface area contributed by atoms with Crippen LogP contribution < -0.4 is 10.6 Å². The average molecular weight is 373 g/mol. The molecule has 0 spiro atoms. The van der Waals surface area contributed by atoms with Gasteiger partial charge in [-0.1, -0.05) is 48.5 Å². The van der Waals surface area contributed by atoms with Crippen LogP contribution in [0.25, 0.3) is 0 Å². The molecule has 0 aliphatic rings. The largest absolute Gasteiger partial charge is 0.384 e. The minimum atomic E-state index is 0.716. The summed E-state index contributed by atoms with van der Waals surface area (Å²) in [4.78, 5) is 4.26. The SMILES string of the molecule is Cc1ncccc1NCCCNCCc1ccc(C#N)cc1.c1ccccc1. The van der Waals surface area contributed by atoms with Crippen molar-refractivity contribution in [2.45, 2.75) is 19.8 Å². The molecule has 1 aromatic heterocycles. The molecule has 0 radical (unpaired) electrons. The molecule has 0 aliphatic carbocycles. The topological polar surface area (TPSA) is 60.7 Å². The van der Waals surface area contributed by atoms with E-state index in [1.165, 1.54) is 5.56 Å². The monoisotopic (exact) mass is 372 g/mol. The van der Waals surface area contributed by atoms with Crippen LogP contribution in [0.15, 0.2) is 79.0 Å². The first-order valence-corrected chi connectivity index (χ1v) is 9.65. The lowest BCUT2D eigenvalue weighted by atomic mass is 10.1. The lowest BCUT2D eigenvalue weighted by molar-refractivity contribution is 0.660. The van der Waals surface area contributed by atoms with Crippen LogP contribution in [0.1, 0.15) is 23.2 Å². The fraction of sp³-hybridized carbons (Fsp3) is 0.250. The van der Waals surface area contributed by atoms with E-state index in [-0.39, 0.29) is 0 Å². The van der Waals surface area contributed by atoms with Crippen LogP contribution in [0, 0.1) is 18.3 Å². The van der Waals surface area contributed by atoms with E-state index in [1.54, 1.807) is 0 Å². The molecule has 2 aromatic carbocycles. The van der Waals surface area contributed by atoms with Gasteiger partial charge in [0, 0.05) is 12.7 Å². The van der Waals surface area contributed by atoms with E-state index >= 15 is 0 Å². The third kappa shape index (κ3) is 8.48. The number of hydrogen-bond donors (Lipinski definition) is 2. The van der Waals surface area contributed by atoms with E-state index in [2.05, 4.69) is 27.8 Å². The Bertz CT molecular complexity index is 797. The highest BCUT2D eigenvalue weighted by molar-refractivity contribution is 5.46. The zero-order valence-electron chi connectivity index (χ0n) is 16.4. The predicted molar refractivity (Wildman–Crippen MR) is 116 cm³/mol. The molecule has 0 unspecified atom stereocenters. The number of rotatable bonds is 8. The molecular formula is C24H28N4. The van der Waals surface area contributed by atoms with E-state index < -0.39 is 0 Å². The maximum Gasteiger partial charge on any atom is 0.0991 e. The third-order valence-corrected chi connectivity index (χ3v) is 4.19. The fourth-order valence-electron chi connectivity index (χ4n) is 2.60. The highest BCUT2D eigenvalue weighted by Gasteiger charge is 1.97.